The summed E-state index contributed by atoms with van der Waals surface area (Å²) in [5.74, 6) is -3.19. The monoisotopic (exact) mass is 298 g/mol. The number of carbonyl (C=O) groups is 3. The SMILES string of the molecule is CC(=O)NC(C(N)=O)C(S)(C(=O)O)c1ccc(O)cc1. The Hall–Kier alpha value is -2.22. The minimum Gasteiger partial charge on any atom is -0.508 e. The summed E-state index contributed by atoms with van der Waals surface area (Å²) in [6.07, 6.45) is 0. The summed E-state index contributed by atoms with van der Waals surface area (Å²) in [6.45, 7) is 1.13. The van der Waals surface area contributed by atoms with Crippen molar-refractivity contribution in [1.82, 2.24) is 5.32 Å². The number of phenols is 1. The van der Waals surface area contributed by atoms with Crippen LogP contribution >= 0.6 is 12.6 Å². The Labute approximate surface area is 120 Å². The molecule has 1 aromatic rings. The summed E-state index contributed by atoms with van der Waals surface area (Å²) in [6, 6.07) is 3.51. The van der Waals surface area contributed by atoms with Gasteiger partial charge >= 0.3 is 5.97 Å². The number of carbonyl (C=O) groups excluding carboxylic acids is 2. The lowest BCUT2D eigenvalue weighted by molar-refractivity contribution is -0.143. The third-order valence-electron chi connectivity index (χ3n) is 2.68. The molecule has 108 valence electrons. The zero-order chi connectivity index (χ0) is 15.5. The predicted octanol–water partition coefficient (Wildman–Crippen LogP) is -0.408. The lowest BCUT2D eigenvalue weighted by Crippen LogP contribution is -2.58. The third-order valence-corrected chi connectivity index (χ3v) is 3.39. The van der Waals surface area contributed by atoms with E-state index in [0.717, 1.165) is 6.92 Å². The van der Waals surface area contributed by atoms with E-state index in [9.17, 15) is 24.6 Å². The number of primary amides is 1. The second-order valence-corrected chi connectivity index (χ2v) is 4.86. The smallest absolute Gasteiger partial charge is 0.326 e. The number of nitrogens with one attached hydrogen (secondary N) is 1. The maximum atomic E-state index is 11.5. The van der Waals surface area contributed by atoms with Crippen LogP contribution in [0.25, 0.3) is 0 Å². The number of nitrogens with two attached hydrogens (primary N) is 1. The Morgan fingerprint density at radius 3 is 2.15 bits per heavy atom. The molecule has 2 unspecified atom stereocenters. The summed E-state index contributed by atoms with van der Waals surface area (Å²) < 4.78 is -2.05. The van der Waals surface area contributed by atoms with Crippen molar-refractivity contribution in [3.05, 3.63) is 29.8 Å². The van der Waals surface area contributed by atoms with E-state index in [0.29, 0.717) is 0 Å². The molecule has 0 fully saturated rings. The normalized spacial score (nSPS) is 14.9. The standard InChI is InChI=1S/C12H14N2O5S/c1-6(15)14-9(10(13)17)12(20,11(18)19)7-2-4-8(16)5-3-7/h2-5,9,16,20H,1H3,(H2,13,17)(H,14,15)(H,18,19). The molecular weight excluding hydrogens is 284 g/mol. The van der Waals surface area contributed by atoms with Crippen LogP contribution in [0.4, 0.5) is 0 Å². The fourth-order valence-corrected chi connectivity index (χ4v) is 2.05. The first kappa shape index (κ1) is 15.8. The zero-order valence-corrected chi connectivity index (χ0v) is 11.4. The van der Waals surface area contributed by atoms with Crippen LogP contribution in [0.15, 0.2) is 24.3 Å². The van der Waals surface area contributed by atoms with E-state index in [4.69, 9.17) is 5.73 Å². The summed E-state index contributed by atoms with van der Waals surface area (Å²) >= 11 is 4.05. The van der Waals surface area contributed by atoms with Gasteiger partial charge in [-0.3, -0.25) is 14.4 Å². The minimum absolute atomic E-state index is 0.0787. The van der Waals surface area contributed by atoms with Gasteiger partial charge in [-0.1, -0.05) is 12.1 Å². The van der Waals surface area contributed by atoms with Crippen LogP contribution in [0, 0.1) is 0 Å². The lowest BCUT2D eigenvalue weighted by Gasteiger charge is -2.31. The Bertz CT molecular complexity index is 545. The number of carboxylic acid groups (broad SMARTS) is 1. The summed E-state index contributed by atoms with van der Waals surface area (Å²) in [5, 5.41) is 20.8. The highest BCUT2D eigenvalue weighted by Crippen LogP contribution is 2.34. The van der Waals surface area contributed by atoms with Crippen molar-refractivity contribution < 1.29 is 24.6 Å². The number of hydrogen-bond acceptors (Lipinski definition) is 5. The summed E-state index contributed by atoms with van der Waals surface area (Å²) in [4.78, 5) is 34.1. The molecule has 0 radical (unpaired) electrons. The van der Waals surface area contributed by atoms with Gasteiger partial charge in [0.1, 0.15) is 11.8 Å². The first-order valence-corrected chi connectivity index (χ1v) is 5.96. The fourth-order valence-electron chi connectivity index (χ4n) is 1.71. The highest BCUT2D eigenvalue weighted by atomic mass is 32.1. The predicted molar refractivity (Wildman–Crippen MR) is 73.2 cm³/mol. The number of hydrogen-bond donors (Lipinski definition) is 5. The Morgan fingerprint density at radius 2 is 1.80 bits per heavy atom. The van der Waals surface area contributed by atoms with Crippen molar-refractivity contribution in [3.8, 4) is 5.75 Å². The van der Waals surface area contributed by atoms with Gasteiger partial charge in [0.2, 0.25) is 11.8 Å². The van der Waals surface area contributed by atoms with Crippen LogP contribution in [0.1, 0.15) is 12.5 Å². The molecule has 0 aliphatic carbocycles. The quantitative estimate of drug-likeness (QED) is 0.472. The van der Waals surface area contributed by atoms with Crippen molar-refractivity contribution in [3.63, 3.8) is 0 Å². The Morgan fingerprint density at radius 1 is 1.30 bits per heavy atom. The van der Waals surface area contributed by atoms with Crippen molar-refractivity contribution in [2.24, 2.45) is 5.73 Å². The molecule has 2 amide bonds. The lowest BCUT2D eigenvalue weighted by atomic mass is 9.89. The molecule has 20 heavy (non-hydrogen) atoms. The topological polar surface area (TPSA) is 130 Å². The van der Waals surface area contributed by atoms with E-state index < -0.39 is 28.6 Å². The van der Waals surface area contributed by atoms with E-state index in [-0.39, 0.29) is 11.3 Å². The van der Waals surface area contributed by atoms with Gasteiger partial charge in [0.25, 0.3) is 0 Å². The molecule has 0 bridgehead atoms. The second-order valence-electron chi connectivity index (χ2n) is 4.15. The average molecular weight is 298 g/mol. The van der Waals surface area contributed by atoms with Crippen LogP contribution in [0.3, 0.4) is 0 Å². The molecule has 0 aliphatic heterocycles. The number of phenolic OH excluding ortho intramolecular Hbond substituents is 1. The molecule has 1 rings (SSSR count). The van der Waals surface area contributed by atoms with Gasteiger partial charge in [0.15, 0.2) is 4.75 Å². The van der Waals surface area contributed by atoms with E-state index in [1.807, 2.05) is 0 Å². The first-order chi connectivity index (χ1) is 9.19. The van der Waals surface area contributed by atoms with Crippen LogP contribution < -0.4 is 11.1 Å². The van der Waals surface area contributed by atoms with Crippen LogP contribution in [0.5, 0.6) is 5.75 Å². The van der Waals surface area contributed by atoms with Crippen molar-refractivity contribution in [2.75, 3.05) is 0 Å². The Kier molecular flexibility index (Phi) is 4.61. The molecule has 2 atom stereocenters. The van der Waals surface area contributed by atoms with Gasteiger partial charge in [-0.05, 0) is 17.7 Å². The van der Waals surface area contributed by atoms with Gasteiger partial charge < -0.3 is 21.3 Å². The maximum absolute atomic E-state index is 11.5. The van der Waals surface area contributed by atoms with Crippen molar-refractivity contribution >= 4 is 30.4 Å². The molecule has 7 nitrogen and oxygen atoms in total. The molecule has 0 aliphatic rings. The van der Waals surface area contributed by atoms with Gasteiger partial charge in [-0.15, -0.1) is 0 Å². The second kappa shape index (κ2) is 5.83. The Balaban J connectivity index is 3.38. The van der Waals surface area contributed by atoms with E-state index in [1.54, 1.807) is 0 Å². The van der Waals surface area contributed by atoms with E-state index >= 15 is 0 Å². The highest BCUT2D eigenvalue weighted by molar-refractivity contribution is 7.82. The van der Waals surface area contributed by atoms with Crippen molar-refractivity contribution in [2.45, 2.75) is 17.7 Å². The number of benzene rings is 1. The molecule has 0 saturated carbocycles. The fraction of sp³-hybridized carbons (Fsp3) is 0.250. The van der Waals surface area contributed by atoms with Gasteiger partial charge in [-0.25, -0.2) is 0 Å². The minimum atomic E-state index is -2.05. The molecule has 5 N–H and O–H groups in total. The molecule has 8 heteroatoms. The van der Waals surface area contributed by atoms with Crippen LogP contribution in [0.2, 0.25) is 0 Å². The third kappa shape index (κ3) is 3.02. The van der Waals surface area contributed by atoms with E-state index in [1.165, 1.54) is 24.3 Å². The first-order valence-electron chi connectivity index (χ1n) is 5.51. The number of amides is 2. The maximum Gasteiger partial charge on any atom is 0.326 e. The molecule has 0 heterocycles. The molecule has 0 aromatic heterocycles. The number of rotatable bonds is 5. The largest absolute Gasteiger partial charge is 0.508 e. The number of aromatic hydroxyl groups is 1. The zero-order valence-electron chi connectivity index (χ0n) is 10.5. The highest BCUT2D eigenvalue weighted by Gasteiger charge is 2.48. The van der Waals surface area contributed by atoms with Crippen LogP contribution in [-0.4, -0.2) is 34.0 Å². The molecule has 0 spiro atoms. The van der Waals surface area contributed by atoms with Gasteiger partial charge in [0.05, 0.1) is 0 Å². The van der Waals surface area contributed by atoms with Crippen molar-refractivity contribution in [1.29, 1.82) is 0 Å². The van der Waals surface area contributed by atoms with Gasteiger partial charge in [-0.2, -0.15) is 12.6 Å². The number of aliphatic carboxylic acids is 1. The number of carboxylic acids is 1. The molecule has 0 saturated heterocycles. The number of thiol groups is 1. The van der Waals surface area contributed by atoms with E-state index in [2.05, 4.69) is 17.9 Å². The summed E-state index contributed by atoms with van der Waals surface area (Å²) in [5.41, 5.74) is 5.26. The molecular formula is C12H14N2O5S. The van der Waals surface area contributed by atoms with Crippen LogP contribution in [-0.2, 0) is 19.1 Å². The molecule has 1 aromatic carbocycles. The van der Waals surface area contributed by atoms with Gasteiger partial charge in [0, 0.05) is 6.92 Å². The average Bonchev–Trinajstić information content (AvgIpc) is 2.35. The summed E-state index contributed by atoms with van der Waals surface area (Å²) in [7, 11) is 0.